The van der Waals surface area contributed by atoms with Crippen LogP contribution in [0.2, 0.25) is 0 Å². The predicted octanol–water partition coefficient (Wildman–Crippen LogP) is 6.40. The summed E-state index contributed by atoms with van der Waals surface area (Å²) >= 11 is 3.10. The van der Waals surface area contributed by atoms with E-state index >= 15 is 0 Å². The van der Waals surface area contributed by atoms with Crippen LogP contribution in [0, 0.1) is 0 Å². The summed E-state index contributed by atoms with van der Waals surface area (Å²) in [6.45, 7) is 2.13. The average Bonchev–Trinajstić information content (AvgIpc) is 3.28. The summed E-state index contributed by atoms with van der Waals surface area (Å²) < 4.78 is 5.54. The zero-order chi connectivity index (χ0) is 20.8. The number of rotatable bonds is 7. The highest BCUT2D eigenvalue weighted by molar-refractivity contribution is 8.02. The van der Waals surface area contributed by atoms with E-state index < -0.39 is 4.75 Å². The Morgan fingerprint density at radius 3 is 1.77 bits per heavy atom. The molecule has 0 saturated carbocycles. The summed E-state index contributed by atoms with van der Waals surface area (Å²) in [7, 11) is 0. The summed E-state index contributed by atoms with van der Waals surface area (Å²) in [4.78, 5) is 16.9. The lowest BCUT2D eigenvalue weighted by molar-refractivity contribution is 0.0516. The maximum absolute atomic E-state index is 12.5. The second-order valence-electron chi connectivity index (χ2n) is 6.59. The number of carbonyl (C=O) groups excluding carboxylic acids is 1. The van der Waals surface area contributed by atoms with E-state index in [-0.39, 0.29) is 5.97 Å². The molecule has 1 aromatic heterocycles. The SMILES string of the molecule is CCOC(=O)c1ncsc1SC(c1ccccc1)(c1ccccc1)c1ccccc1. The molecule has 4 rings (SSSR count). The van der Waals surface area contributed by atoms with E-state index in [9.17, 15) is 4.79 Å². The van der Waals surface area contributed by atoms with E-state index in [1.165, 1.54) is 11.3 Å². The Balaban J connectivity index is 1.95. The lowest BCUT2D eigenvalue weighted by Crippen LogP contribution is -2.25. The quantitative estimate of drug-likeness (QED) is 0.193. The number of thiazole rings is 1. The van der Waals surface area contributed by atoms with Gasteiger partial charge in [0.1, 0.15) is 0 Å². The first-order chi connectivity index (χ1) is 14.8. The van der Waals surface area contributed by atoms with Gasteiger partial charge in [-0.25, -0.2) is 9.78 Å². The van der Waals surface area contributed by atoms with Crippen molar-refractivity contribution in [3.63, 3.8) is 0 Å². The molecule has 0 fully saturated rings. The fraction of sp³-hybridized carbons (Fsp3) is 0.120. The van der Waals surface area contributed by atoms with Crippen molar-refractivity contribution in [3.05, 3.63) is 119 Å². The number of carbonyl (C=O) groups is 1. The molecular formula is C25H21NO2S2. The highest BCUT2D eigenvalue weighted by Crippen LogP contribution is 2.53. The van der Waals surface area contributed by atoms with Crippen molar-refractivity contribution in [1.82, 2.24) is 4.98 Å². The van der Waals surface area contributed by atoms with Gasteiger partial charge in [0, 0.05) is 0 Å². The summed E-state index contributed by atoms with van der Waals surface area (Å²) in [6.07, 6.45) is 0. The standard InChI is InChI=1S/C25H21NO2S2/c1-2-28-23(27)22-24(29-18-26-22)30-25(19-12-6-3-7-13-19,20-14-8-4-9-15-20)21-16-10-5-11-17-21/h3-18H,2H2,1H3. The minimum Gasteiger partial charge on any atom is -0.461 e. The van der Waals surface area contributed by atoms with Crippen LogP contribution in [0.3, 0.4) is 0 Å². The maximum atomic E-state index is 12.5. The van der Waals surface area contributed by atoms with E-state index in [0.29, 0.717) is 12.3 Å². The summed E-state index contributed by atoms with van der Waals surface area (Å²) in [5.41, 5.74) is 5.49. The van der Waals surface area contributed by atoms with E-state index in [1.54, 1.807) is 24.2 Å². The number of esters is 1. The van der Waals surface area contributed by atoms with Crippen LogP contribution in [0.4, 0.5) is 0 Å². The molecule has 0 aliphatic rings. The molecule has 3 aromatic carbocycles. The van der Waals surface area contributed by atoms with Crippen molar-refractivity contribution in [2.75, 3.05) is 6.61 Å². The van der Waals surface area contributed by atoms with Crippen LogP contribution in [-0.4, -0.2) is 17.6 Å². The van der Waals surface area contributed by atoms with Crippen molar-refractivity contribution >= 4 is 29.1 Å². The molecule has 150 valence electrons. The average molecular weight is 432 g/mol. The Kier molecular flexibility index (Phi) is 6.31. The fourth-order valence-corrected chi connectivity index (χ4v) is 5.95. The van der Waals surface area contributed by atoms with Crippen LogP contribution in [0.25, 0.3) is 0 Å². The number of thioether (sulfide) groups is 1. The van der Waals surface area contributed by atoms with Gasteiger partial charge in [0.05, 0.1) is 21.1 Å². The van der Waals surface area contributed by atoms with Gasteiger partial charge in [0.15, 0.2) is 5.69 Å². The molecule has 0 aliphatic carbocycles. The van der Waals surface area contributed by atoms with Crippen LogP contribution < -0.4 is 0 Å². The fourth-order valence-electron chi connectivity index (χ4n) is 3.48. The Labute approximate surface area is 184 Å². The number of nitrogens with zero attached hydrogens (tertiary/aromatic N) is 1. The van der Waals surface area contributed by atoms with E-state index in [2.05, 4.69) is 77.8 Å². The van der Waals surface area contributed by atoms with Gasteiger partial charge in [0.25, 0.3) is 0 Å². The van der Waals surface area contributed by atoms with Gasteiger partial charge in [-0.1, -0.05) is 103 Å². The smallest absolute Gasteiger partial charge is 0.358 e. The number of hydrogen-bond donors (Lipinski definition) is 0. The number of ether oxygens (including phenoxy) is 1. The molecule has 1 heterocycles. The van der Waals surface area contributed by atoms with Crippen LogP contribution in [0.5, 0.6) is 0 Å². The van der Waals surface area contributed by atoms with Crippen LogP contribution in [-0.2, 0) is 9.48 Å². The third-order valence-corrected chi connectivity index (χ3v) is 7.34. The van der Waals surface area contributed by atoms with Crippen molar-refractivity contribution in [1.29, 1.82) is 0 Å². The largest absolute Gasteiger partial charge is 0.461 e. The van der Waals surface area contributed by atoms with Gasteiger partial charge in [0.2, 0.25) is 0 Å². The molecule has 0 bridgehead atoms. The van der Waals surface area contributed by atoms with Crippen molar-refractivity contribution in [2.24, 2.45) is 0 Å². The Bertz CT molecular complexity index is 999. The highest BCUT2D eigenvalue weighted by Gasteiger charge is 2.39. The molecule has 0 atom stereocenters. The van der Waals surface area contributed by atoms with Gasteiger partial charge in [-0.15, -0.1) is 11.3 Å². The third-order valence-electron chi connectivity index (χ3n) is 4.79. The van der Waals surface area contributed by atoms with Gasteiger partial charge < -0.3 is 4.74 Å². The van der Waals surface area contributed by atoms with E-state index in [4.69, 9.17) is 4.74 Å². The first-order valence-electron chi connectivity index (χ1n) is 9.72. The normalized spacial score (nSPS) is 11.2. The molecular weight excluding hydrogens is 410 g/mol. The Morgan fingerprint density at radius 2 is 1.33 bits per heavy atom. The van der Waals surface area contributed by atoms with Crippen LogP contribution in [0.1, 0.15) is 34.1 Å². The lowest BCUT2D eigenvalue weighted by atomic mass is 9.84. The Morgan fingerprint density at radius 1 is 0.867 bits per heavy atom. The predicted molar refractivity (Wildman–Crippen MR) is 123 cm³/mol. The number of aromatic nitrogens is 1. The molecule has 0 saturated heterocycles. The summed E-state index contributed by atoms with van der Waals surface area (Å²) in [6, 6.07) is 31.2. The molecule has 0 radical (unpaired) electrons. The molecule has 4 aromatic rings. The van der Waals surface area contributed by atoms with Crippen LogP contribution >= 0.6 is 23.1 Å². The van der Waals surface area contributed by atoms with Crippen molar-refractivity contribution in [3.8, 4) is 0 Å². The second kappa shape index (κ2) is 9.28. The minimum absolute atomic E-state index is 0.321. The highest BCUT2D eigenvalue weighted by atomic mass is 32.2. The monoisotopic (exact) mass is 431 g/mol. The molecule has 0 amide bonds. The van der Waals surface area contributed by atoms with Gasteiger partial charge in [-0.05, 0) is 23.6 Å². The van der Waals surface area contributed by atoms with Crippen LogP contribution in [0.15, 0.2) is 101 Å². The van der Waals surface area contributed by atoms with E-state index in [0.717, 1.165) is 20.9 Å². The minimum atomic E-state index is -0.544. The van der Waals surface area contributed by atoms with E-state index in [1.807, 2.05) is 18.2 Å². The molecule has 5 heteroatoms. The zero-order valence-corrected chi connectivity index (χ0v) is 18.2. The lowest BCUT2D eigenvalue weighted by Gasteiger charge is -2.35. The number of benzene rings is 3. The molecule has 3 nitrogen and oxygen atoms in total. The van der Waals surface area contributed by atoms with Gasteiger partial charge in [-0.3, -0.25) is 0 Å². The number of hydrogen-bond acceptors (Lipinski definition) is 5. The molecule has 0 spiro atoms. The summed E-state index contributed by atoms with van der Waals surface area (Å²) in [5.74, 6) is -0.385. The molecule has 0 unspecified atom stereocenters. The van der Waals surface area contributed by atoms with Gasteiger partial charge in [-0.2, -0.15) is 0 Å². The maximum Gasteiger partial charge on any atom is 0.358 e. The van der Waals surface area contributed by atoms with Crippen molar-refractivity contribution in [2.45, 2.75) is 15.9 Å². The zero-order valence-electron chi connectivity index (χ0n) is 16.5. The van der Waals surface area contributed by atoms with Crippen molar-refractivity contribution < 1.29 is 9.53 Å². The first-order valence-corrected chi connectivity index (χ1v) is 11.4. The summed E-state index contributed by atoms with van der Waals surface area (Å²) in [5, 5.41) is 0. The molecule has 0 N–H and O–H groups in total. The molecule has 0 aliphatic heterocycles. The first kappa shape index (κ1) is 20.4. The topological polar surface area (TPSA) is 39.2 Å². The Hall–Kier alpha value is -2.89. The second-order valence-corrected chi connectivity index (χ2v) is 8.93. The third kappa shape index (κ3) is 3.91. The molecule has 30 heavy (non-hydrogen) atoms. The van der Waals surface area contributed by atoms with Gasteiger partial charge >= 0.3 is 5.97 Å².